The molecule has 4 heteroatoms. The van der Waals surface area contributed by atoms with Gasteiger partial charge in [0.1, 0.15) is 0 Å². The van der Waals surface area contributed by atoms with Gasteiger partial charge in [0.05, 0.1) is 18.1 Å². The van der Waals surface area contributed by atoms with Gasteiger partial charge in [-0.25, -0.2) is 0 Å². The molecule has 1 aromatic carbocycles. The zero-order chi connectivity index (χ0) is 9.97. The fourth-order valence-corrected chi connectivity index (χ4v) is 1.67. The molecule has 0 amide bonds. The number of rotatable bonds is 1. The highest BCUT2D eigenvalue weighted by atomic mass is 16.6. The van der Waals surface area contributed by atoms with E-state index >= 15 is 0 Å². The first kappa shape index (κ1) is 9.15. The van der Waals surface area contributed by atoms with Crippen LogP contribution in [0.25, 0.3) is 0 Å². The molecule has 0 radical (unpaired) electrons. The van der Waals surface area contributed by atoms with E-state index in [0.717, 1.165) is 18.4 Å². The zero-order valence-electron chi connectivity index (χ0n) is 7.73. The molecule has 1 aromatic rings. The van der Waals surface area contributed by atoms with E-state index in [4.69, 9.17) is 4.74 Å². The van der Waals surface area contributed by atoms with Crippen molar-refractivity contribution in [2.75, 3.05) is 13.2 Å². The summed E-state index contributed by atoms with van der Waals surface area (Å²) in [5.41, 5.74) is 2.40. The lowest BCUT2D eigenvalue weighted by molar-refractivity contribution is -0.384. The normalized spacial score (nSPS) is 15.7. The lowest BCUT2D eigenvalue weighted by Gasteiger charge is -2.02. The number of nitro groups is 1. The molecule has 0 aromatic heterocycles. The maximum Gasteiger partial charge on any atom is 0.269 e. The minimum absolute atomic E-state index is 0.172. The summed E-state index contributed by atoms with van der Waals surface area (Å²) in [6.07, 6.45) is 1.63. The molecule has 1 aliphatic heterocycles. The summed E-state index contributed by atoms with van der Waals surface area (Å²) in [5.74, 6) is 0. The molecular weight excluding hydrogens is 182 g/mol. The number of benzene rings is 1. The molecule has 1 aliphatic rings. The third-order valence-electron chi connectivity index (χ3n) is 2.43. The van der Waals surface area contributed by atoms with E-state index in [0.29, 0.717) is 13.2 Å². The van der Waals surface area contributed by atoms with E-state index in [1.54, 1.807) is 12.1 Å². The van der Waals surface area contributed by atoms with Crippen molar-refractivity contribution in [3.05, 3.63) is 39.4 Å². The molecule has 2 rings (SSSR count). The van der Waals surface area contributed by atoms with Gasteiger partial charge in [-0.2, -0.15) is 0 Å². The van der Waals surface area contributed by atoms with Crippen LogP contribution in [-0.4, -0.2) is 18.1 Å². The van der Waals surface area contributed by atoms with Crippen molar-refractivity contribution in [1.82, 2.24) is 0 Å². The monoisotopic (exact) mass is 193 g/mol. The van der Waals surface area contributed by atoms with Gasteiger partial charge < -0.3 is 4.74 Å². The number of ether oxygens (including phenoxy) is 1. The summed E-state index contributed by atoms with van der Waals surface area (Å²) in [7, 11) is 0. The Hall–Kier alpha value is -1.42. The predicted octanol–water partition coefficient (Wildman–Crippen LogP) is 1.71. The van der Waals surface area contributed by atoms with E-state index in [9.17, 15) is 10.1 Å². The third-order valence-corrected chi connectivity index (χ3v) is 2.43. The van der Waals surface area contributed by atoms with Crippen molar-refractivity contribution in [2.45, 2.75) is 12.8 Å². The standard InChI is InChI=1S/C10H11NO3/c12-11(13)10-2-1-8-3-5-14-6-4-9(8)7-10/h1-2,7H,3-6H2. The molecule has 4 nitrogen and oxygen atoms in total. The van der Waals surface area contributed by atoms with E-state index in [2.05, 4.69) is 0 Å². The van der Waals surface area contributed by atoms with Crippen LogP contribution in [0.5, 0.6) is 0 Å². The Morgan fingerprint density at radius 2 is 1.93 bits per heavy atom. The second kappa shape index (κ2) is 3.75. The van der Waals surface area contributed by atoms with Gasteiger partial charge in [0.2, 0.25) is 0 Å². The third kappa shape index (κ3) is 1.75. The fraction of sp³-hybridized carbons (Fsp3) is 0.400. The topological polar surface area (TPSA) is 52.4 Å². The van der Waals surface area contributed by atoms with Gasteiger partial charge in [0.15, 0.2) is 0 Å². The molecule has 0 bridgehead atoms. The molecule has 0 atom stereocenters. The van der Waals surface area contributed by atoms with Crippen molar-refractivity contribution < 1.29 is 9.66 Å². The van der Waals surface area contributed by atoms with Gasteiger partial charge in [-0.05, 0) is 24.0 Å². The average molecular weight is 193 g/mol. The second-order valence-corrected chi connectivity index (χ2v) is 3.32. The Kier molecular flexibility index (Phi) is 2.45. The molecule has 74 valence electrons. The number of fused-ring (bicyclic) bond motifs is 1. The number of hydrogen-bond acceptors (Lipinski definition) is 3. The van der Waals surface area contributed by atoms with Gasteiger partial charge in [-0.1, -0.05) is 6.07 Å². The van der Waals surface area contributed by atoms with E-state index in [-0.39, 0.29) is 10.6 Å². The first-order chi connectivity index (χ1) is 6.77. The van der Waals surface area contributed by atoms with Crippen LogP contribution in [0.4, 0.5) is 5.69 Å². The Morgan fingerprint density at radius 1 is 1.21 bits per heavy atom. The highest BCUT2D eigenvalue weighted by Gasteiger charge is 2.12. The van der Waals surface area contributed by atoms with E-state index in [1.807, 2.05) is 6.07 Å². The van der Waals surface area contributed by atoms with Crippen LogP contribution in [-0.2, 0) is 17.6 Å². The fourth-order valence-electron chi connectivity index (χ4n) is 1.67. The number of nitro benzene ring substituents is 1. The number of nitrogens with zero attached hydrogens (tertiary/aromatic N) is 1. The summed E-state index contributed by atoms with van der Waals surface area (Å²) in [5, 5.41) is 10.5. The van der Waals surface area contributed by atoms with Crippen molar-refractivity contribution in [3.8, 4) is 0 Å². The molecule has 0 saturated carbocycles. The largest absolute Gasteiger partial charge is 0.381 e. The molecule has 0 aliphatic carbocycles. The minimum atomic E-state index is -0.355. The van der Waals surface area contributed by atoms with Crippen molar-refractivity contribution >= 4 is 5.69 Å². The maximum atomic E-state index is 10.5. The molecule has 0 unspecified atom stereocenters. The van der Waals surface area contributed by atoms with E-state index in [1.165, 1.54) is 5.56 Å². The van der Waals surface area contributed by atoms with Crippen LogP contribution in [0.2, 0.25) is 0 Å². The number of hydrogen-bond donors (Lipinski definition) is 0. The molecule has 0 fully saturated rings. The van der Waals surface area contributed by atoms with Crippen LogP contribution < -0.4 is 0 Å². The van der Waals surface area contributed by atoms with Crippen LogP contribution in [0.15, 0.2) is 18.2 Å². The Bertz CT molecular complexity index is 362. The summed E-state index contributed by atoms with van der Waals surface area (Å²) >= 11 is 0. The maximum absolute atomic E-state index is 10.5. The van der Waals surface area contributed by atoms with Gasteiger partial charge in [-0.3, -0.25) is 10.1 Å². The number of non-ortho nitro benzene ring substituents is 1. The molecule has 0 N–H and O–H groups in total. The zero-order valence-corrected chi connectivity index (χ0v) is 7.73. The molecule has 0 spiro atoms. The van der Waals surface area contributed by atoms with Crippen molar-refractivity contribution in [3.63, 3.8) is 0 Å². The van der Waals surface area contributed by atoms with Crippen LogP contribution in [0.1, 0.15) is 11.1 Å². The highest BCUT2D eigenvalue weighted by Crippen LogP contribution is 2.20. The Labute approximate surface area is 81.7 Å². The Morgan fingerprint density at radius 3 is 2.64 bits per heavy atom. The summed E-state index contributed by atoms with van der Waals surface area (Å²) < 4.78 is 5.31. The summed E-state index contributed by atoms with van der Waals surface area (Å²) in [6.45, 7) is 1.37. The van der Waals surface area contributed by atoms with Gasteiger partial charge in [0.25, 0.3) is 5.69 Å². The quantitative estimate of drug-likeness (QED) is 0.504. The molecule has 1 heterocycles. The lowest BCUT2D eigenvalue weighted by atomic mass is 10.0. The van der Waals surface area contributed by atoms with Crippen LogP contribution >= 0.6 is 0 Å². The van der Waals surface area contributed by atoms with Crippen LogP contribution in [0, 0.1) is 10.1 Å². The van der Waals surface area contributed by atoms with Gasteiger partial charge in [0, 0.05) is 12.1 Å². The summed E-state index contributed by atoms with van der Waals surface area (Å²) in [6, 6.07) is 5.05. The molecule has 0 saturated heterocycles. The SMILES string of the molecule is O=[N+]([O-])c1ccc2c(c1)CCOCC2. The lowest BCUT2D eigenvalue weighted by Crippen LogP contribution is -1.96. The minimum Gasteiger partial charge on any atom is -0.381 e. The van der Waals surface area contributed by atoms with Crippen LogP contribution in [0.3, 0.4) is 0 Å². The predicted molar refractivity (Wildman–Crippen MR) is 51.3 cm³/mol. The average Bonchev–Trinajstić information content (AvgIpc) is 2.41. The smallest absolute Gasteiger partial charge is 0.269 e. The Balaban J connectivity index is 2.37. The van der Waals surface area contributed by atoms with Crippen molar-refractivity contribution in [1.29, 1.82) is 0 Å². The molecular formula is C10H11NO3. The van der Waals surface area contributed by atoms with Crippen molar-refractivity contribution in [2.24, 2.45) is 0 Å². The summed E-state index contributed by atoms with van der Waals surface area (Å²) in [4.78, 5) is 10.2. The first-order valence-electron chi connectivity index (χ1n) is 4.61. The van der Waals surface area contributed by atoms with Gasteiger partial charge in [-0.15, -0.1) is 0 Å². The first-order valence-corrected chi connectivity index (χ1v) is 4.61. The molecule has 14 heavy (non-hydrogen) atoms. The van der Waals surface area contributed by atoms with E-state index < -0.39 is 0 Å². The second-order valence-electron chi connectivity index (χ2n) is 3.32. The highest BCUT2D eigenvalue weighted by molar-refractivity contribution is 5.40. The van der Waals surface area contributed by atoms with Gasteiger partial charge >= 0.3 is 0 Å².